The third-order valence-electron chi connectivity index (χ3n) is 6.37. The van der Waals surface area contributed by atoms with E-state index in [9.17, 15) is 18.8 Å². The van der Waals surface area contributed by atoms with Crippen molar-refractivity contribution in [2.45, 2.75) is 20.5 Å². The molecule has 0 radical (unpaired) electrons. The third kappa shape index (κ3) is 5.39. The molecule has 196 valence electrons. The molecule has 2 heterocycles. The molecule has 0 unspecified atom stereocenters. The summed E-state index contributed by atoms with van der Waals surface area (Å²) in [5.41, 5.74) is 4.23. The third-order valence-corrected chi connectivity index (χ3v) is 6.90. The Bertz CT molecular complexity index is 1610. The molecule has 7 nitrogen and oxygen atoms in total. The molecule has 1 aliphatic heterocycles. The SMILES string of the molecule is Cc1cc(/C=C2\C(=O)NC(=O)N(c3ccc(F)cc3)C2=O)c(C)n1-c1ccc(OCc2ccc(Br)cc2)cc1. The van der Waals surface area contributed by atoms with Crippen LogP contribution in [0.25, 0.3) is 11.8 Å². The van der Waals surface area contributed by atoms with Gasteiger partial charge in [0, 0.05) is 21.5 Å². The fourth-order valence-electron chi connectivity index (χ4n) is 4.41. The Morgan fingerprint density at radius 1 is 0.897 bits per heavy atom. The van der Waals surface area contributed by atoms with Gasteiger partial charge in [0.2, 0.25) is 0 Å². The van der Waals surface area contributed by atoms with Crippen molar-refractivity contribution in [2.75, 3.05) is 4.90 Å². The van der Waals surface area contributed by atoms with Gasteiger partial charge in [0.15, 0.2) is 0 Å². The van der Waals surface area contributed by atoms with Gasteiger partial charge in [-0.1, -0.05) is 28.1 Å². The number of hydrogen-bond donors (Lipinski definition) is 1. The molecule has 4 aromatic rings. The van der Waals surface area contributed by atoms with Gasteiger partial charge in [0.25, 0.3) is 11.8 Å². The van der Waals surface area contributed by atoms with E-state index in [0.29, 0.717) is 12.2 Å². The minimum atomic E-state index is -0.887. The van der Waals surface area contributed by atoms with Crippen LogP contribution < -0.4 is 15.0 Å². The number of aryl methyl sites for hydroxylation is 1. The van der Waals surface area contributed by atoms with Crippen LogP contribution in [0.1, 0.15) is 22.5 Å². The number of barbiturate groups is 1. The van der Waals surface area contributed by atoms with Crippen molar-refractivity contribution in [3.8, 4) is 11.4 Å². The number of carbonyl (C=O) groups is 3. The highest BCUT2D eigenvalue weighted by atomic mass is 79.9. The zero-order valence-electron chi connectivity index (χ0n) is 21.1. The number of nitrogens with one attached hydrogen (secondary N) is 1. The summed E-state index contributed by atoms with van der Waals surface area (Å²) in [6.45, 7) is 4.24. The topological polar surface area (TPSA) is 80.6 Å². The second-order valence-corrected chi connectivity index (χ2v) is 9.92. The van der Waals surface area contributed by atoms with Gasteiger partial charge in [-0.25, -0.2) is 14.1 Å². The molecule has 0 aliphatic carbocycles. The fourth-order valence-corrected chi connectivity index (χ4v) is 4.67. The van der Waals surface area contributed by atoms with Gasteiger partial charge in [0.1, 0.15) is 23.7 Å². The van der Waals surface area contributed by atoms with Crippen LogP contribution in [-0.4, -0.2) is 22.4 Å². The van der Waals surface area contributed by atoms with E-state index >= 15 is 0 Å². The first-order valence-electron chi connectivity index (χ1n) is 12.0. The van der Waals surface area contributed by atoms with Crippen LogP contribution in [0.4, 0.5) is 14.9 Å². The van der Waals surface area contributed by atoms with Crippen LogP contribution in [-0.2, 0) is 16.2 Å². The van der Waals surface area contributed by atoms with E-state index in [-0.39, 0.29) is 11.3 Å². The van der Waals surface area contributed by atoms with Crippen molar-refractivity contribution in [3.05, 3.63) is 117 Å². The smallest absolute Gasteiger partial charge is 0.335 e. The monoisotopic (exact) mass is 587 g/mol. The quantitative estimate of drug-likeness (QED) is 0.214. The number of halogens is 2. The summed E-state index contributed by atoms with van der Waals surface area (Å²) in [5, 5.41) is 2.19. The van der Waals surface area contributed by atoms with Crippen LogP contribution in [0.15, 0.2) is 88.9 Å². The minimum Gasteiger partial charge on any atom is -0.489 e. The van der Waals surface area contributed by atoms with E-state index in [2.05, 4.69) is 21.2 Å². The van der Waals surface area contributed by atoms with Crippen molar-refractivity contribution in [1.29, 1.82) is 0 Å². The standard InChI is InChI=1S/C30H23BrFN3O4/c1-18-15-21(16-27-28(36)33-30(38)35(29(27)37)25-9-7-23(32)8-10-25)19(2)34(18)24-11-13-26(14-12-24)39-17-20-3-5-22(31)6-4-20/h3-16H,17H2,1-2H3,(H,33,36,38)/b27-16+. The molecule has 1 N–H and O–H groups in total. The molecule has 1 aromatic heterocycles. The highest BCUT2D eigenvalue weighted by molar-refractivity contribution is 9.10. The number of ether oxygens (including phenoxy) is 1. The highest BCUT2D eigenvalue weighted by Crippen LogP contribution is 2.27. The number of carbonyl (C=O) groups excluding carboxylic acids is 3. The second kappa shape index (κ2) is 10.7. The molecule has 0 bridgehead atoms. The lowest BCUT2D eigenvalue weighted by Gasteiger charge is -2.26. The molecule has 3 aromatic carbocycles. The number of aromatic nitrogens is 1. The first kappa shape index (κ1) is 26.1. The van der Waals surface area contributed by atoms with Crippen LogP contribution in [0, 0.1) is 19.7 Å². The minimum absolute atomic E-state index is 0.158. The highest BCUT2D eigenvalue weighted by Gasteiger charge is 2.37. The predicted molar refractivity (Wildman–Crippen MR) is 149 cm³/mol. The Morgan fingerprint density at radius 3 is 2.21 bits per heavy atom. The lowest BCUT2D eigenvalue weighted by atomic mass is 10.1. The number of anilines is 1. The first-order valence-corrected chi connectivity index (χ1v) is 12.8. The van der Waals surface area contributed by atoms with Crippen LogP contribution in [0.3, 0.4) is 0 Å². The van der Waals surface area contributed by atoms with Crippen LogP contribution in [0.5, 0.6) is 5.75 Å². The summed E-state index contributed by atoms with van der Waals surface area (Å²) >= 11 is 3.43. The molecular weight excluding hydrogens is 565 g/mol. The number of rotatable bonds is 6. The van der Waals surface area contributed by atoms with Crippen molar-refractivity contribution in [3.63, 3.8) is 0 Å². The number of benzene rings is 3. The van der Waals surface area contributed by atoms with E-state index in [1.54, 1.807) is 0 Å². The van der Waals surface area contributed by atoms with Gasteiger partial charge < -0.3 is 9.30 Å². The number of hydrogen-bond acceptors (Lipinski definition) is 4. The van der Waals surface area contributed by atoms with Crippen molar-refractivity contribution in [2.24, 2.45) is 0 Å². The van der Waals surface area contributed by atoms with Crippen molar-refractivity contribution >= 4 is 45.5 Å². The van der Waals surface area contributed by atoms with Gasteiger partial charge in [-0.05, 0) is 97.8 Å². The summed E-state index contributed by atoms with van der Waals surface area (Å²) in [4.78, 5) is 39.0. The van der Waals surface area contributed by atoms with E-state index in [1.807, 2.05) is 73.0 Å². The molecule has 0 atom stereocenters. The van der Waals surface area contributed by atoms with Crippen molar-refractivity contribution < 1.29 is 23.5 Å². The van der Waals surface area contributed by atoms with Gasteiger partial charge in [0.05, 0.1) is 5.69 Å². The van der Waals surface area contributed by atoms with Gasteiger partial charge in [-0.15, -0.1) is 0 Å². The average molecular weight is 588 g/mol. The van der Waals surface area contributed by atoms with E-state index in [4.69, 9.17) is 4.74 Å². The maximum Gasteiger partial charge on any atom is 0.335 e. The molecule has 4 amide bonds. The Balaban J connectivity index is 1.39. The molecule has 0 saturated carbocycles. The molecule has 5 rings (SSSR count). The summed E-state index contributed by atoms with van der Waals surface area (Å²) in [6.07, 6.45) is 1.47. The second-order valence-electron chi connectivity index (χ2n) is 9.01. The first-order chi connectivity index (χ1) is 18.7. The lowest BCUT2D eigenvalue weighted by molar-refractivity contribution is -0.122. The zero-order valence-corrected chi connectivity index (χ0v) is 22.7. The van der Waals surface area contributed by atoms with Crippen LogP contribution in [0.2, 0.25) is 0 Å². The average Bonchev–Trinajstić information content (AvgIpc) is 3.20. The molecule has 9 heteroatoms. The predicted octanol–water partition coefficient (Wildman–Crippen LogP) is 6.24. The molecule has 1 fully saturated rings. The van der Waals surface area contributed by atoms with Gasteiger partial charge in [-0.2, -0.15) is 0 Å². The van der Waals surface area contributed by atoms with E-state index in [0.717, 1.165) is 49.9 Å². The fraction of sp³-hybridized carbons (Fsp3) is 0.100. The molecule has 39 heavy (non-hydrogen) atoms. The van der Waals surface area contributed by atoms with Gasteiger partial charge >= 0.3 is 6.03 Å². The molecule has 1 aliphatic rings. The number of amides is 4. The number of urea groups is 1. The Labute approximate surface area is 232 Å². The summed E-state index contributed by atoms with van der Waals surface area (Å²) in [7, 11) is 0. The summed E-state index contributed by atoms with van der Waals surface area (Å²) in [5.74, 6) is -1.36. The maximum atomic E-state index is 13.4. The number of imide groups is 2. The molecule has 0 spiro atoms. The normalized spacial score (nSPS) is 14.6. The van der Waals surface area contributed by atoms with E-state index in [1.165, 1.54) is 18.2 Å². The Kier molecular flexibility index (Phi) is 7.17. The largest absolute Gasteiger partial charge is 0.489 e. The summed E-state index contributed by atoms with van der Waals surface area (Å²) in [6, 6.07) is 21.4. The Morgan fingerprint density at radius 2 is 1.54 bits per heavy atom. The summed E-state index contributed by atoms with van der Waals surface area (Å²) < 4.78 is 22.3. The Hall–Kier alpha value is -4.50. The number of nitrogens with zero attached hydrogens (tertiary/aromatic N) is 2. The zero-order chi connectivity index (χ0) is 27.7. The maximum absolute atomic E-state index is 13.4. The van der Waals surface area contributed by atoms with E-state index < -0.39 is 23.7 Å². The van der Waals surface area contributed by atoms with Crippen molar-refractivity contribution in [1.82, 2.24) is 9.88 Å². The molecule has 1 saturated heterocycles. The lowest BCUT2D eigenvalue weighted by Crippen LogP contribution is -2.54. The van der Waals surface area contributed by atoms with Crippen LogP contribution >= 0.6 is 15.9 Å². The molecular formula is C30H23BrFN3O4. The van der Waals surface area contributed by atoms with Gasteiger partial charge in [-0.3, -0.25) is 14.9 Å².